The Morgan fingerprint density at radius 1 is 0.926 bits per heavy atom. The van der Waals surface area contributed by atoms with Crippen molar-refractivity contribution >= 4 is 11.8 Å². The molecule has 0 unspecified atom stereocenters. The van der Waals surface area contributed by atoms with Crippen molar-refractivity contribution in [3.63, 3.8) is 0 Å². The first-order chi connectivity index (χ1) is 12.9. The summed E-state index contributed by atoms with van der Waals surface area (Å²) < 4.78 is 79.3. The Morgan fingerprint density at radius 3 is 1.93 bits per heavy atom. The molecule has 27 heavy (non-hydrogen) atoms. The lowest BCUT2D eigenvalue weighted by Gasteiger charge is -2.31. The predicted molar refractivity (Wildman–Crippen MR) is 85.5 cm³/mol. The van der Waals surface area contributed by atoms with Crippen LogP contribution in [-0.4, -0.2) is 43.1 Å². The number of alkyl halides is 5. The standard InChI is InChI=1S/C17H16F5N3O2/c18-14(19)12-10(15-23-4-6-26-15)9(8-2-1-3-8)11(16-24-5-7-27-16)13(25-12)17(20,21)22/h8,14H,1-7H2. The maximum absolute atomic E-state index is 13.7. The van der Waals surface area contributed by atoms with Crippen molar-refractivity contribution in [3.05, 3.63) is 28.1 Å². The average Bonchev–Trinajstić information content (AvgIpc) is 3.25. The van der Waals surface area contributed by atoms with Gasteiger partial charge in [-0.25, -0.2) is 23.7 Å². The van der Waals surface area contributed by atoms with Gasteiger partial charge < -0.3 is 9.47 Å². The van der Waals surface area contributed by atoms with E-state index in [0.29, 0.717) is 12.8 Å². The first-order valence-electron chi connectivity index (χ1n) is 8.66. The largest absolute Gasteiger partial charge is 0.475 e. The fraction of sp³-hybridized carbons (Fsp3) is 0.588. The normalized spacial score (nSPS) is 20.2. The fourth-order valence-corrected chi connectivity index (χ4v) is 3.50. The fourth-order valence-electron chi connectivity index (χ4n) is 3.50. The maximum atomic E-state index is 13.7. The van der Waals surface area contributed by atoms with Crippen LogP contribution >= 0.6 is 0 Å². The van der Waals surface area contributed by atoms with E-state index < -0.39 is 24.0 Å². The summed E-state index contributed by atoms with van der Waals surface area (Å²) in [5.41, 5.74) is -2.69. The van der Waals surface area contributed by atoms with Crippen LogP contribution in [0.4, 0.5) is 22.0 Å². The summed E-state index contributed by atoms with van der Waals surface area (Å²) in [6, 6.07) is 0. The molecule has 0 radical (unpaired) electrons. The lowest BCUT2D eigenvalue weighted by atomic mass is 9.75. The molecule has 3 aliphatic rings. The molecule has 1 aromatic heterocycles. The maximum Gasteiger partial charge on any atom is 0.434 e. The number of nitrogens with zero attached hydrogens (tertiary/aromatic N) is 3. The third kappa shape index (κ3) is 3.14. The molecule has 2 aliphatic heterocycles. The Hall–Kier alpha value is -2.26. The lowest BCUT2D eigenvalue weighted by Crippen LogP contribution is -2.27. The van der Waals surface area contributed by atoms with E-state index in [2.05, 4.69) is 15.0 Å². The van der Waals surface area contributed by atoms with Crippen LogP contribution in [-0.2, 0) is 15.7 Å². The zero-order chi connectivity index (χ0) is 19.2. The number of halogens is 5. The van der Waals surface area contributed by atoms with Gasteiger partial charge in [0.1, 0.15) is 18.9 Å². The van der Waals surface area contributed by atoms with Gasteiger partial charge in [0.15, 0.2) is 5.69 Å². The highest BCUT2D eigenvalue weighted by Crippen LogP contribution is 2.46. The topological polar surface area (TPSA) is 56.1 Å². The van der Waals surface area contributed by atoms with Crippen molar-refractivity contribution in [2.45, 2.75) is 37.8 Å². The second-order valence-corrected chi connectivity index (χ2v) is 6.51. The van der Waals surface area contributed by atoms with Crippen molar-refractivity contribution in [1.82, 2.24) is 4.98 Å². The molecule has 1 fully saturated rings. The molecule has 1 aliphatic carbocycles. The van der Waals surface area contributed by atoms with Crippen molar-refractivity contribution in [2.24, 2.45) is 9.98 Å². The molecule has 0 bridgehead atoms. The van der Waals surface area contributed by atoms with E-state index in [-0.39, 0.29) is 60.7 Å². The Bertz CT molecular complexity index is 816. The molecule has 4 rings (SSSR count). The van der Waals surface area contributed by atoms with E-state index in [1.165, 1.54) is 0 Å². The van der Waals surface area contributed by atoms with E-state index in [4.69, 9.17) is 9.47 Å². The van der Waals surface area contributed by atoms with Gasteiger partial charge in [-0.1, -0.05) is 6.42 Å². The summed E-state index contributed by atoms with van der Waals surface area (Å²) in [5.74, 6) is -0.596. The highest BCUT2D eigenvalue weighted by atomic mass is 19.4. The molecular weight excluding hydrogens is 373 g/mol. The number of aromatic nitrogens is 1. The summed E-state index contributed by atoms with van der Waals surface area (Å²) in [7, 11) is 0. The minimum absolute atomic E-state index is 0.0757. The molecule has 0 N–H and O–H groups in total. The highest BCUT2D eigenvalue weighted by molar-refractivity contribution is 6.04. The SMILES string of the molecule is FC(F)c1nc(C(F)(F)F)c(C2=NCCO2)c(C2CCC2)c1C1=NCCO1. The van der Waals surface area contributed by atoms with E-state index in [9.17, 15) is 22.0 Å². The van der Waals surface area contributed by atoms with Gasteiger partial charge >= 0.3 is 6.18 Å². The highest BCUT2D eigenvalue weighted by Gasteiger charge is 2.44. The number of rotatable bonds is 4. The molecule has 0 aromatic carbocycles. The smallest absolute Gasteiger partial charge is 0.434 e. The van der Waals surface area contributed by atoms with Gasteiger partial charge in [0.05, 0.1) is 24.2 Å². The monoisotopic (exact) mass is 389 g/mol. The van der Waals surface area contributed by atoms with Gasteiger partial charge in [-0.2, -0.15) is 13.2 Å². The molecule has 0 atom stereocenters. The van der Waals surface area contributed by atoms with E-state index >= 15 is 0 Å². The summed E-state index contributed by atoms with van der Waals surface area (Å²) >= 11 is 0. The molecule has 146 valence electrons. The van der Waals surface area contributed by atoms with Crippen LogP contribution in [0.3, 0.4) is 0 Å². The zero-order valence-corrected chi connectivity index (χ0v) is 14.2. The Morgan fingerprint density at radius 2 is 1.52 bits per heavy atom. The van der Waals surface area contributed by atoms with Crippen molar-refractivity contribution in [2.75, 3.05) is 26.3 Å². The van der Waals surface area contributed by atoms with Crippen LogP contribution in [0.15, 0.2) is 9.98 Å². The molecule has 0 saturated heterocycles. The third-order valence-electron chi connectivity index (χ3n) is 4.85. The minimum atomic E-state index is -4.93. The third-order valence-corrected chi connectivity index (χ3v) is 4.85. The van der Waals surface area contributed by atoms with Gasteiger partial charge in [0.25, 0.3) is 6.43 Å². The molecule has 10 heteroatoms. The predicted octanol–water partition coefficient (Wildman–Crippen LogP) is 3.86. The number of aliphatic imine (C=N–C) groups is 2. The van der Waals surface area contributed by atoms with E-state index in [1.54, 1.807) is 0 Å². The van der Waals surface area contributed by atoms with Crippen molar-refractivity contribution < 1.29 is 31.4 Å². The minimum Gasteiger partial charge on any atom is -0.475 e. The van der Waals surface area contributed by atoms with Gasteiger partial charge in [0, 0.05) is 0 Å². The molecule has 1 saturated carbocycles. The first kappa shape index (κ1) is 18.1. The second-order valence-electron chi connectivity index (χ2n) is 6.51. The van der Waals surface area contributed by atoms with Crippen LogP contribution < -0.4 is 0 Å². The van der Waals surface area contributed by atoms with E-state index in [0.717, 1.165) is 6.42 Å². The van der Waals surface area contributed by atoms with Crippen LogP contribution in [0.1, 0.15) is 59.7 Å². The van der Waals surface area contributed by atoms with Gasteiger partial charge in [-0.3, -0.25) is 0 Å². The average molecular weight is 389 g/mol. The van der Waals surface area contributed by atoms with Crippen LogP contribution in [0.25, 0.3) is 0 Å². The van der Waals surface area contributed by atoms with Crippen LogP contribution in [0.2, 0.25) is 0 Å². The number of hydrogen-bond donors (Lipinski definition) is 0. The molecule has 3 heterocycles. The van der Waals surface area contributed by atoms with E-state index in [1.807, 2.05) is 0 Å². The summed E-state index contributed by atoms with van der Waals surface area (Å²) in [4.78, 5) is 11.4. The quantitative estimate of drug-likeness (QED) is 0.735. The molecule has 0 spiro atoms. The van der Waals surface area contributed by atoms with Crippen molar-refractivity contribution in [1.29, 1.82) is 0 Å². The molecule has 0 amide bonds. The second kappa shape index (κ2) is 6.72. The molecule has 1 aromatic rings. The summed E-state index contributed by atoms with van der Waals surface area (Å²) in [6.45, 7) is 0.798. The van der Waals surface area contributed by atoms with Crippen molar-refractivity contribution in [3.8, 4) is 0 Å². The molecular formula is C17H16F5N3O2. The Labute approximate surface area is 151 Å². The van der Waals surface area contributed by atoms with Gasteiger partial charge in [-0.05, 0) is 24.3 Å². The van der Waals surface area contributed by atoms with Crippen LogP contribution in [0, 0.1) is 0 Å². The summed E-state index contributed by atoms with van der Waals surface area (Å²) in [5, 5.41) is 0. The lowest BCUT2D eigenvalue weighted by molar-refractivity contribution is -0.141. The summed E-state index contributed by atoms with van der Waals surface area (Å²) in [6.07, 6.45) is -6.15. The number of pyridine rings is 1. The van der Waals surface area contributed by atoms with Gasteiger partial charge in [0.2, 0.25) is 11.8 Å². The molecule has 5 nitrogen and oxygen atoms in total. The van der Waals surface area contributed by atoms with Gasteiger partial charge in [-0.15, -0.1) is 0 Å². The number of hydrogen-bond acceptors (Lipinski definition) is 5. The zero-order valence-electron chi connectivity index (χ0n) is 14.2. The number of ether oxygens (including phenoxy) is 2. The Balaban J connectivity index is 2.06. The van der Waals surface area contributed by atoms with Crippen LogP contribution in [0.5, 0.6) is 0 Å². The first-order valence-corrected chi connectivity index (χ1v) is 8.66. The Kier molecular flexibility index (Phi) is 4.51.